The van der Waals surface area contributed by atoms with E-state index in [9.17, 15) is 17.9 Å². The molecule has 1 aliphatic carbocycles. The lowest BCUT2D eigenvalue weighted by Crippen LogP contribution is -2.33. The summed E-state index contributed by atoms with van der Waals surface area (Å²) in [4.78, 5) is 11.9. The van der Waals surface area contributed by atoms with Crippen molar-refractivity contribution in [3.63, 3.8) is 0 Å². The van der Waals surface area contributed by atoms with Crippen LogP contribution in [-0.4, -0.2) is 31.1 Å². The normalized spacial score (nSPS) is 16.3. The molecule has 0 saturated carbocycles. The summed E-state index contributed by atoms with van der Waals surface area (Å²) in [6, 6.07) is 12.8. The van der Waals surface area contributed by atoms with Crippen molar-refractivity contribution in [2.75, 3.05) is 10.9 Å². The van der Waals surface area contributed by atoms with Crippen LogP contribution >= 0.6 is 0 Å². The van der Waals surface area contributed by atoms with Crippen LogP contribution in [0.25, 0.3) is 11.1 Å². The third kappa shape index (κ3) is 4.58. The maximum atomic E-state index is 13.2. The van der Waals surface area contributed by atoms with Crippen molar-refractivity contribution in [1.82, 2.24) is 9.78 Å². The van der Waals surface area contributed by atoms with Gasteiger partial charge in [0.2, 0.25) is 0 Å². The molecule has 168 valence electrons. The lowest BCUT2D eigenvalue weighted by Gasteiger charge is -2.37. The molecule has 1 aromatic heterocycles. The fraction of sp³-hybridized carbons (Fsp3) is 0.304. The summed E-state index contributed by atoms with van der Waals surface area (Å²) in [5, 5.41) is 4.32. The summed E-state index contributed by atoms with van der Waals surface area (Å²) in [7, 11) is 0. The van der Waals surface area contributed by atoms with E-state index in [1.807, 2.05) is 12.1 Å². The molecule has 3 aromatic rings. The van der Waals surface area contributed by atoms with Crippen LogP contribution < -0.4 is 4.31 Å². The predicted octanol–water partition coefficient (Wildman–Crippen LogP) is 3.93. The summed E-state index contributed by atoms with van der Waals surface area (Å²) in [5.74, 6) is -0.684. The van der Waals surface area contributed by atoms with Crippen molar-refractivity contribution < 1.29 is 22.7 Å². The van der Waals surface area contributed by atoms with Gasteiger partial charge in [-0.25, -0.2) is 4.39 Å². The van der Waals surface area contributed by atoms with Crippen LogP contribution in [0.4, 0.5) is 10.1 Å². The van der Waals surface area contributed by atoms with E-state index in [0.717, 1.165) is 28.8 Å². The third-order valence-electron chi connectivity index (χ3n) is 5.56. The zero-order valence-electron chi connectivity index (χ0n) is 17.6. The number of carbonyl (C=O) groups is 1. The Hall–Kier alpha value is -3.04. The predicted molar refractivity (Wildman–Crippen MR) is 118 cm³/mol. The van der Waals surface area contributed by atoms with E-state index in [0.29, 0.717) is 25.1 Å². The van der Waals surface area contributed by atoms with Gasteiger partial charge in [0, 0.05) is 28.2 Å². The number of aromatic nitrogens is 2. The van der Waals surface area contributed by atoms with Gasteiger partial charge < -0.3 is 9.29 Å². The highest BCUT2D eigenvalue weighted by molar-refractivity contribution is 7.80. The number of carbonyl (C=O) groups excluding carboxylic acids is 1. The van der Waals surface area contributed by atoms with Crippen molar-refractivity contribution in [3.05, 3.63) is 71.8 Å². The second kappa shape index (κ2) is 9.62. The Bertz CT molecular complexity index is 1120. The molecule has 2 atom stereocenters. The third-order valence-corrected chi connectivity index (χ3v) is 6.34. The molecule has 0 spiro atoms. The van der Waals surface area contributed by atoms with Gasteiger partial charge in [-0.1, -0.05) is 24.3 Å². The smallest absolute Gasteiger partial charge is 0.327 e. The van der Waals surface area contributed by atoms with Gasteiger partial charge in [-0.3, -0.25) is 18.0 Å². The van der Waals surface area contributed by atoms with Crippen LogP contribution in [0.5, 0.6) is 0 Å². The second-order valence-electron chi connectivity index (χ2n) is 7.51. The molecule has 0 fully saturated rings. The van der Waals surface area contributed by atoms with Gasteiger partial charge in [0.15, 0.2) is 0 Å². The molecule has 32 heavy (non-hydrogen) atoms. The molecule has 7 nitrogen and oxygen atoms in total. The lowest BCUT2D eigenvalue weighted by atomic mass is 9.92. The zero-order valence-corrected chi connectivity index (χ0v) is 18.4. The number of halogens is 1. The van der Waals surface area contributed by atoms with Crippen molar-refractivity contribution in [3.8, 4) is 11.1 Å². The van der Waals surface area contributed by atoms with Gasteiger partial charge in [-0.05, 0) is 61.6 Å². The largest absolute Gasteiger partial charge is 0.755 e. The number of esters is 1. The number of anilines is 1. The van der Waals surface area contributed by atoms with Gasteiger partial charge >= 0.3 is 5.97 Å². The Morgan fingerprint density at radius 3 is 2.50 bits per heavy atom. The zero-order chi connectivity index (χ0) is 22.7. The number of fused-ring (bicyclic) bond motifs is 1. The van der Waals surface area contributed by atoms with Crippen molar-refractivity contribution >= 4 is 22.9 Å². The van der Waals surface area contributed by atoms with Crippen LogP contribution in [-0.2, 0) is 33.8 Å². The molecular formula is C23H23FN3O4S-. The minimum Gasteiger partial charge on any atom is -0.755 e. The summed E-state index contributed by atoms with van der Waals surface area (Å²) < 4.78 is 45.7. The number of ether oxygens (including phenoxy) is 1. The number of hydrogen-bond donors (Lipinski definition) is 0. The Kier molecular flexibility index (Phi) is 6.66. The first kappa shape index (κ1) is 22.2. The first-order chi connectivity index (χ1) is 15.5. The van der Waals surface area contributed by atoms with Gasteiger partial charge in [-0.2, -0.15) is 5.10 Å². The minimum absolute atomic E-state index is 0.00270. The Labute approximate surface area is 188 Å². The number of hydrogen-bond acceptors (Lipinski definition) is 5. The molecule has 2 aromatic carbocycles. The molecule has 0 aliphatic heterocycles. The summed E-state index contributed by atoms with van der Waals surface area (Å²) in [6.07, 6.45) is 3.78. The van der Waals surface area contributed by atoms with E-state index in [2.05, 4.69) is 5.10 Å². The first-order valence-corrected chi connectivity index (χ1v) is 11.5. The van der Waals surface area contributed by atoms with Crippen LogP contribution in [0.1, 0.15) is 37.1 Å². The highest BCUT2D eigenvalue weighted by Gasteiger charge is 2.30. The van der Waals surface area contributed by atoms with Gasteiger partial charge in [0.1, 0.15) is 12.4 Å². The van der Waals surface area contributed by atoms with Crippen LogP contribution in [0.3, 0.4) is 0 Å². The topological polar surface area (TPSA) is 87.5 Å². The lowest BCUT2D eigenvalue weighted by molar-refractivity contribution is -0.144. The van der Waals surface area contributed by atoms with E-state index in [1.54, 1.807) is 42.1 Å². The molecule has 9 heteroatoms. The summed E-state index contributed by atoms with van der Waals surface area (Å²) in [5.41, 5.74) is 3.88. The molecule has 2 unspecified atom stereocenters. The fourth-order valence-electron chi connectivity index (χ4n) is 4.12. The van der Waals surface area contributed by atoms with Crippen LogP contribution in [0, 0.1) is 5.82 Å². The Morgan fingerprint density at radius 2 is 1.88 bits per heavy atom. The molecular weight excluding hydrogens is 433 g/mol. The van der Waals surface area contributed by atoms with E-state index in [4.69, 9.17) is 4.74 Å². The maximum absolute atomic E-state index is 13.2. The molecule has 0 N–H and O–H groups in total. The van der Waals surface area contributed by atoms with Crippen molar-refractivity contribution in [2.24, 2.45) is 0 Å². The average molecular weight is 457 g/mol. The van der Waals surface area contributed by atoms with Crippen molar-refractivity contribution in [1.29, 1.82) is 0 Å². The Balaban J connectivity index is 1.62. The van der Waals surface area contributed by atoms with E-state index < -0.39 is 17.3 Å². The average Bonchev–Trinajstić information content (AvgIpc) is 3.18. The SMILES string of the molecule is CCOC(=O)Cn1ncc2c1CCCC2N(c1ccc(-c2ccc(F)cc2)cc1)S(=O)[O-]. The minimum atomic E-state index is -2.51. The monoisotopic (exact) mass is 456 g/mol. The molecule has 1 heterocycles. The summed E-state index contributed by atoms with van der Waals surface area (Å²) in [6.45, 7) is 2.04. The number of nitrogens with zero attached hydrogens (tertiary/aromatic N) is 3. The Morgan fingerprint density at radius 1 is 1.22 bits per heavy atom. The molecule has 0 radical (unpaired) electrons. The highest BCUT2D eigenvalue weighted by Crippen LogP contribution is 2.38. The number of benzene rings is 2. The van der Waals surface area contributed by atoms with Crippen LogP contribution in [0.2, 0.25) is 0 Å². The first-order valence-electron chi connectivity index (χ1n) is 10.4. The van der Waals surface area contributed by atoms with Gasteiger partial charge in [0.25, 0.3) is 0 Å². The highest BCUT2D eigenvalue weighted by atomic mass is 32.2. The number of rotatable bonds is 7. The summed E-state index contributed by atoms with van der Waals surface area (Å²) >= 11 is -2.51. The maximum Gasteiger partial charge on any atom is 0.327 e. The quantitative estimate of drug-likeness (QED) is 0.397. The van der Waals surface area contributed by atoms with E-state index >= 15 is 0 Å². The van der Waals surface area contributed by atoms with E-state index in [-0.39, 0.29) is 18.3 Å². The van der Waals surface area contributed by atoms with Gasteiger partial charge in [0.05, 0.1) is 18.8 Å². The van der Waals surface area contributed by atoms with Gasteiger partial charge in [-0.15, -0.1) is 0 Å². The fourth-order valence-corrected chi connectivity index (χ4v) is 4.84. The van der Waals surface area contributed by atoms with Crippen molar-refractivity contribution in [2.45, 2.75) is 38.8 Å². The molecule has 0 saturated heterocycles. The van der Waals surface area contributed by atoms with Crippen LogP contribution in [0.15, 0.2) is 54.7 Å². The van der Waals surface area contributed by atoms with E-state index in [1.165, 1.54) is 16.4 Å². The molecule has 4 rings (SSSR count). The molecule has 0 amide bonds. The second-order valence-corrected chi connectivity index (χ2v) is 8.34. The molecule has 0 bridgehead atoms. The standard InChI is InChI=1S/C23H24FN3O4S/c1-2-31-23(28)15-26-21-4-3-5-22(20(21)14-25-26)27(32(29)30)19-12-8-17(9-13-19)16-6-10-18(24)11-7-16/h6-14,22H,2-5,15H2,1H3,(H,29,30)/p-1. The molecule has 1 aliphatic rings.